The summed E-state index contributed by atoms with van der Waals surface area (Å²) in [5.41, 5.74) is 5.29. The molecule has 0 aliphatic heterocycles. The van der Waals surface area contributed by atoms with E-state index in [1.807, 2.05) is 0 Å². The van der Waals surface area contributed by atoms with Gasteiger partial charge in [-0.25, -0.2) is 0 Å². The van der Waals surface area contributed by atoms with Crippen molar-refractivity contribution in [3.05, 3.63) is 6.92 Å². The number of rotatable bonds is 6. The fourth-order valence-corrected chi connectivity index (χ4v) is 0.602. The van der Waals surface area contributed by atoms with Crippen LogP contribution in [0.5, 0.6) is 0 Å². The first kappa shape index (κ1) is 8.92. The molecule has 0 unspecified atom stereocenters. The van der Waals surface area contributed by atoms with Crippen molar-refractivity contribution in [1.29, 1.82) is 0 Å². The van der Waals surface area contributed by atoms with E-state index < -0.39 is 0 Å². The summed E-state index contributed by atoms with van der Waals surface area (Å²) < 4.78 is 0. The summed E-state index contributed by atoms with van der Waals surface area (Å²) in [6.45, 7) is 6.67. The monoisotopic (exact) mass is 129 g/mol. The van der Waals surface area contributed by atoms with Crippen LogP contribution < -0.4 is 11.1 Å². The number of nitrogens with two attached hydrogens (primary N) is 1. The Hall–Kier alpha value is -0.0800. The van der Waals surface area contributed by atoms with E-state index in [2.05, 4.69) is 12.2 Å². The molecule has 0 amide bonds. The molecular formula is C7H17N2. The highest BCUT2D eigenvalue weighted by molar-refractivity contribution is 4.49. The first-order chi connectivity index (χ1) is 4.41. The van der Waals surface area contributed by atoms with Crippen molar-refractivity contribution in [1.82, 2.24) is 5.32 Å². The summed E-state index contributed by atoms with van der Waals surface area (Å²) in [7, 11) is 0. The second kappa shape index (κ2) is 7.92. The zero-order valence-electron chi connectivity index (χ0n) is 6.03. The molecule has 0 bridgehead atoms. The molecule has 2 nitrogen and oxygen atoms in total. The fraction of sp³-hybridized carbons (Fsp3) is 0.857. The van der Waals surface area contributed by atoms with E-state index in [0.717, 1.165) is 32.5 Å². The summed E-state index contributed by atoms with van der Waals surface area (Å²) in [5, 5.41) is 3.27. The second-order valence-electron chi connectivity index (χ2n) is 2.10. The predicted octanol–water partition coefficient (Wildman–Crippen LogP) is 0.539. The number of nitrogens with one attached hydrogen (secondary N) is 1. The molecule has 9 heavy (non-hydrogen) atoms. The van der Waals surface area contributed by atoms with Gasteiger partial charge < -0.3 is 11.1 Å². The van der Waals surface area contributed by atoms with Crippen LogP contribution >= 0.6 is 0 Å². The smallest absolute Gasteiger partial charge is 0.00369 e. The highest BCUT2D eigenvalue weighted by Crippen LogP contribution is 1.81. The van der Waals surface area contributed by atoms with Crippen LogP contribution in [0.15, 0.2) is 0 Å². The summed E-state index contributed by atoms with van der Waals surface area (Å²) in [4.78, 5) is 0. The molecule has 3 N–H and O–H groups in total. The molecule has 0 rings (SSSR count). The Bertz CT molecular complexity index is 40.2. The van der Waals surface area contributed by atoms with Crippen molar-refractivity contribution in [3.63, 3.8) is 0 Å². The second-order valence-corrected chi connectivity index (χ2v) is 2.10. The Labute approximate surface area is 57.8 Å². The van der Waals surface area contributed by atoms with Gasteiger partial charge in [-0.05, 0) is 32.5 Å². The van der Waals surface area contributed by atoms with Crippen LogP contribution in [0.3, 0.4) is 0 Å². The third-order valence-electron chi connectivity index (χ3n) is 1.16. The SMILES string of the molecule is [CH2]CCCNCCCN. The van der Waals surface area contributed by atoms with E-state index in [9.17, 15) is 0 Å². The summed E-state index contributed by atoms with van der Waals surface area (Å²) in [5.74, 6) is 0. The highest BCUT2D eigenvalue weighted by atomic mass is 14.8. The Morgan fingerprint density at radius 3 is 2.44 bits per heavy atom. The molecule has 0 saturated heterocycles. The largest absolute Gasteiger partial charge is 0.330 e. The van der Waals surface area contributed by atoms with Gasteiger partial charge in [0.2, 0.25) is 0 Å². The third-order valence-corrected chi connectivity index (χ3v) is 1.16. The highest BCUT2D eigenvalue weighted by Gasteiger charge is 1.83. The molecule has 55 valence electrons. The van der Waals surface area contributed by atoms with Crippen molar-refractivity contribution in [2.75, 3.05) is 19.6 Å². The summed E-state index contributed by atoms with van der Waals surface area (Å²) in [6.07, 6.45) is 3.28. The Kier molecular flexibility index (Phi) is 7.85. The van der Waals surface area contributed by atoms with E-state index in [1.54, 1.807) is 0 Å². The molecular weight excluding hydrogens is 112 g/mol. The molecule has 0 aromatic heterocycles. The van der Waals surface area contributed by atoms with Gasteiger partial charge in [-0.2, -0.15) is 0 Å². The summed E-state index contributed by atoms with van der Waals surface area (Å²) in [6, 6.07) is 0. The van der Waals surface area contributed by atoms with Crippen LogP contribution in [0.4, 0.5) is 0 Å². The van der Waals surface area contributed by atoms with Crippen LogP contribution in [-0.2, 0) is 0 Å². The third kappa shape index (κ3) is 7.92. The van der Waals surface area contributed by atoms with E-state index in [0.29, 0.717) is 0 Å². The first-order valence-electron chi connectivity index (χ1n) is 3.62. The minimum atomic E-state index is 0.789. The van der Waals surface area contributed by atoms with Crippen molar-refractivity contribution in [2.45, 2.75) is 19.3 Å². The molecule has 0 saturated carbocycles. The lowest BCUT2D eigenvalue weighted by molar-refractivity contribution is 0.630. The number of unbranched alkanes of at least 4 members (excludes halogenated alkanes) is 1. The Morgan fingerprint density at radius 2 is 1.89 bits per heavy atom. The van der Waals surface area contributed by atoms with Crippen LogP contribution in [-0.4, -0.2) is 19.6 Å². The van der Waals surface area contributed by atoms with Crippen molar-refractivity contribution >= 4 is 0 Å². The molecule has 2 heteroatoms. The molecule has 0 spiro atoms. The lowest BCUT2D eigenvalue weighted by Gasteiger charge is -1.99. The van der Waals surface area contributed by atoms with Crippen molar-refractivity contribution < 1.29 is 0 Å². The van der Waals surface area contributed by atoms with E-state index in [-0.39, 0.29) is 0 Å². The normalized spacial score (nSPS) is 10.0. The fourth-order valence-electron chi connectivity index (χ4n) is 0.602. The van der Waals surface area contributed by atoms with Crippen molar-refractivity contribution in [2.24, 2.45) is 5.73 Å². The number of hydrogen-bond donors (Lipinski definition) is 2. The van der Waals surface area contributed by atoms with Crippen LogP contribution in [0.25, 0.3) is 0 Å². The van der Waals surface area contributed by atoms with E-state index >= 15 is 0 Å². The Morgan fingerprint density at radius 1 is 1.22 bits per heavy atom. The van der Waals surface area contributed by atoms with E-state index in [4.69, 9.17) is 5.73 Å². The van der Waals surface area contributed by atoms with Crippen molar-refractivity contribution in [3.8, 4) is 0 Å². The van der Waals surface area contributed by atoms with Gasteiger partial charge in [0.25, 0.3) is 0 Å². The molecule has 0 aliphatic carbocycles. The van der Waals surface area contributed by atoms with Gasteiger partial charge >= 0.3 is 0 Å². The number of hydrogen-bond acceptors (Lipinski definition) is 2. The van der Waals surface area contributed by atoms with Gasteiger partial charge in [0.1, 0.15) is 0 Å². The predicted molar refractivity (Wildman–Crippen MR) is 41.1 cm³/mol. The van der Waals surface area contributed by atoms with Crippen LogP contribution in [0, 0.1) is 6.92 Å². The van der Waals surface area contributed by atoms with E-state index in [1.165, 1.54) is 6.42 Å². The maximum Gasteiger partial charge on any atom is -0.00369 e. The maximum absolute atomic E-state index is 5.29. The maximum atomic E-state index is 5.29. The summed E-state index contributed by atoms with van der Waals surface area (Å²) >= 11 is 0. The molecule has 0 fully saturated rings. The molecule has 1 radical (unpaired) electrons. The van der Waals surface area contributed by atoms with Crippen LogP contribution in [0.1, 0.15) is 19.3 Å². The molecule has 0 aromatic rings. The molecule has 0 heterocycles. The van der Waals surface area contributed by atoms with Gasteiger partial charge in [0, 0.05) is 0 Å². The first-order valence-corrected chi connectivity index (χ1v) is 3.62. The lowest BCUT2D eigenvalue weighted by atomic mass is 10.3. The van der Waals surface area contributed by atoms with Crippen LogP contribution in [0.2, 0.25) is 0 Å². The minimum absolute atomic E-state index is 0.789. The van der Waals surface area contributed by atoms with Gasteiger partial charge in [-0.1, -0.05) is 13.3 Å². The zero-order chi connectivity index (χ0) is 6.95. The minimum Gasteiger partial charge on any atom is -0.330 e. The lowest BCUT2D eigenvalue weighted by Crippen LogP contribution is -2.19. The molecule has 0 aromatic carbocycles. The standard InChI is InChI=1S/C7H17N2/c1-2-3-6-9-7-4-5-8/h9H,1-8H2. The topological polar surface area (TPSA) is 38.0 Å². The van der Waals surface area contributed by atoms with Gasteiger partial charge in [0.05, 0.1) is 0 Å². The zero-order valence-corrected chi connectivity index (χ0v) is 6.03. The van der Waals surface area contributed by atoms with Gasteiger partial charge in [-0.15, -0.1) is 0 Å². The van der Waals surface area contributed by atoms with Gasteiger partial charge in [-0.3, -0.25) is 0 Å². The Balaban J connectivity index is 2.60. The average molecular weight is 129 g/mol. The average Bonchev–Trinajstić information content (AvgIpc) is 1.89. The molecule has 0 atom stereocenters. The molecule has 0 aliphatic rings. The quantitative estimate of drug-likeness (QED) is 0.514. The van der Waals surface area contributed by atoms with Gasteiger partial charge in [0.15, 0.2) is 0 Å².